The first-order valence-corrected chi connectivity index (χ1v) is 15.2. The van der Waals surface area contributed by atoms with Gasteiger partial charge in [-0.1, -0.05) is 47.5 Å². The first-order chi connectivity index (χ1) is 20.4. The van der Waals surface area contributed by atoms with Crippen molar-refractivity contribution in [2.45, 2.75) is 50.9 Å². The number of hydrogen-bond donors (Lipinski definition) is 0. The van der Waals surface area contributed by atoms with E-state index in [9.17, 15) is 9.18 Å². The maximum Gasteiger partial charge on any atom is 0.337 e. The summed E-state index contributed by atoms with van der Waals surface area (Å²) in [6.07, 6.45) is 4.64. The number of benzene rings is 2. The molecule has 2 aromatic carbocycles. The summed E-state index contributed by atoms with van der Waals surface area (Å²) in [7, 11) is 1.74. The van der Waals surface area contributed by atoms with Gasteiger partial charge in [-0.2, -0.15) is 5.10 Å². The van der Waals surface area contributed by atoms with E-state index in [2.05, 4.69) is 34.1 Å². The number of imidazole rings is 1. The lowest BCUT2D eigenvalue weighted by Crippen LogP contribution is -2.35. The van der Waals surface area contributed by atoms with E-state index in [-0.39, 0.29) is 19.6 Å². The number of esters is 1. The second kappa shape index (κ2) is 12.3. The van der Waals surface area contributed by atoms with Crippen LogP contribution in [-0.2, 0) is 27.2 Å². The monoisotopic (exact) mass is 613 g/mol. The van der Waals surface area contributed by atoms with Crippen LogP contribution in [0, 0.1) is 0 Å². The minimum absolute atomic E-state index is 0.181. The second-order valence-electron chi connectivity index (χ2n) is 11.0. The molecule has 2 aliphatic rings. The molecule has 2 aromatic heterocycles. The fourth-order valence-corrected chi connectivity index (χ4v) is 6.75. The zero-order valence-electron chi connectivity index (χ0n) is 23.7. The lowest BCUT2D eigenvalue weighted by Gasteiger charge is -2.32. The van der Waals surface area contributed by atoms with Crippen LogP contribution in [0.5, 0.6) is 0 Å². The lowest BCUT2D eigenvalue weighted by molar-refractivity contribution is -0.146. The fourth-order valence-electron chi connectivity index (χ4n) is 6.20. The van der Waals surface area contributed by atoms with Gasteiger partial charge in [0.1, 0.15) is 11.7 Å². The number of hydrogen-bond acceptors (Lipinski definition) is 6. The maximum atomic E-state index is 14.2. The Hall–Kier alpha value is -2.98. The van der Waals surface area contributed by atoms with Crippen molar-refractivity contribution >= 4 is 40.1 Å². The molecule has 1 unspecified atom stereocenters. The highest BCUT2D eigenvalue weighted by atomic mass is 35.5. The van der Waals surface area contributed by atoms with Crippen molar-refractivity contribution in [1.29, 1.82) is 0 Å². The average Bonchev–Trinajstić information content (AvgIpc) is 3.70. The summed E-state index contributed by atoms with van der Waals surface area (Å²) in [5.74, 6) is -0.00585. The molecule has 1 saturated heterocycles. The Morgan fingerprint density at radius 1 is 1.19 bits per heavy atom. The molecule has 4 aromatic rings. The van der Waals surface area contributed by atoms with Crippen LogP contribution in [0.2, 0.25) is 10.0 Å². The van der Waals surface area contributed by atoms with E-state index in [0.29, 0.717) is 38.3 Å². The summed E-state index contributed by atoms with van der Waals surface area (Å²) in [5, 5.41) is 6.23. The van der Waals surface area contributed by atoms with Gasteiger partial charge < -0.3 is 18.9 Å². The predicted molar refractivity (Wildman–Crippen MR) is 161 cm³/mol. The SMILES string of the molecule is CCOC(=O)C(c1ncn2c1C[C@@H](F)C2)n1cc2c(Cl)cc(-c3ccc(C4CCN(CCOC)CC4)cc3)c(Cl)c2n1. The van der Waals surface area contributed by atoms with Crippen LogP contribution in [0.4, 0.5) is 4.39 Å². The molecule has 42 heavy (non-hydrogen) atoms. The molecular formula is C31H34Cl2FN5O3. The summed E-state index contributed by atoms with van der Waals surface area (Å²) >= 11 is 13.7. The third kappa shape index (κ3) is 5.55. The van der Waals surface area contributed by atoms with E-state index in [1.165, 1.54) is 10.2 Å². The molecule has 0 saturated carbocycles. The number of nitrogens with zero attached hydrogens (tertiary/aromatic N) is 5. The number of rotatable bonds is 9. The van der Waals surface area contributed by atoms with Crippen molar-refractivity contribution < 1.29 is 18.7 Å². The largest absolute Gasteiger partial charge is 0.464 e. The van der Waals surface area contributed by atoms with Crippen molar-refractivity contribution in [3.8, 4) is 11.1 Å². The van der Waals surface area contributed by atoms with Gasteiger partial charge in [0.2, 0.25) is 0 Å². The van der Waals surface area contributed by atoms with Crippen LogP contribution in [0.3, 0.4) is 0 Å². The maximum absolute atomic E-state index is 14.2. The number of carbonyl (C=O) groups excluding carboxylic acids is 1. The molecule has 0 amide bonds. The average molecular weight is 615 g/mol. The Morgan fingerprint density at radius 2 is 1.95 bits per heavy atom. The predicted octanol–water partition coefficient (Wildman–Crippen LogP) is 6.08. The minimum atomic E-state index is -1.02. The Bertz CT molecular complexity index is 1580. The van der Waals surface area contributed by atoms with E-state index in [1.807, 2.05) is 6.07 Å². The molecular weight excluding hydrogens is 580 g/mol. The Labute approximate surface area is 254 Å². The van der Waals surface area contributed by atoms with Gasteiger partial charge >= 0.3 is 5.97 Å². The highest BCUT2D eigenvalue weighted by Crippen LogP contribution is 2.40. The van der Waals surface area contributed by atoms with Crippen LogP contribution < -0.4 is 0 Å². The van der Waals surface area contributed by atoms with Crippen LogP contribution in [0.15, 0.2) is 42.9 Å². The van der Waals surface area contributed by atoms with Crippen LogP contribution >= 0.6 is 23.2 Å². The quantitative estimate of drug-likeness (QED) is 0.213. The van der Waals surface area contributed by atoms with Crippen LogP contribution in [-0.4, -0.2) is 76.3 Å². The summed E-state index contributed by atoms with van der Waals surface area (Å²) in [6.45, 7) is 6.01. The molecule has 4 heterocycles. The Kier molecular flexibility index (Phi) is 8.54. The van der Waals surface area contributed by atoms with Crippen LogP contribution in [0.25, 0.3) is 22.0 Å². The number of likely N-dealkylation sites (tertiary alicyclic amines) is 1. The summed E-state index contributed by atoms with van der Waals surface area (Å²) in [6, 6.07) is 9.35. The molecule has 0 radical (unpaired) electrons. The number of carbonyl (C=O) groups is 1. The van der Waals surface area contributed by atoms with Crippen molar-refractivity contribution in [2.75, 3.05) is 40.0 Å². The number of aromatic nitrogens is 4. The molecule has 2 atom stereocenters. The van der Waals surface area contributed by atoms with Gasteiger partial charge in [0.15, 0.2) is 6.04 Å². The van der Waals surface area contributed by atoms with Crippen molar-refractivity contribution in [3.05, 3.63) is 69.9 Å². The third-order valence-electron chi connectivity index (χ3n) is 8.42. The zero-order chi connectivity index (χ0) is 29.4. The molecule has 0 N–H and O–H groups in total. The van der Waals surface area contributed by atoms with E-state index in [4.69, 9.17) is 37.8 Å². The van der Waals surface area contributed by atoms with Gasteiger partial charge in [-0.3, -0.25) is 4.68 Å². The molecule has 6 rings (SSSR count). The van der Waals surface area contributed by atoms with Gasteiger partial charge in [-0.15, -0.1) is 0 Å². The van der Waals surface area contributed by atoms with Crippen molar-refractivity contribution in [3.63, 3.8) is 0 Å². The number of alkyl halides is 1. The second-order valence-corrected chi connectivity index (χ2v) is 11.8. The van der Waals surface area contributed by atoms with Crippen molar-refractivity contribution in [2.24, 2.45) is 0 Å². The van der Waals surface area contributed by atoms with Crippen LogP contribution in [0.1, 0.15) is 48.7 Å². The molecule has 0 bridgehead atoms. The summed E-state index contributed by atoms with van der Waals surface area (Å²) in [5.41, 5.74) is 4.57. The number of piperidine rings is 1. The smallest absolute Gasteiger partial charge is 0.337 e. The first kappa shape index (κ1) is 29.1. The molecule has 222 valence electrons. The van der Waals surface area contributed by atoms with E-state index in [0.717, 1.165) is 50.2 Å². The molecule has 0 spiro atoms. The molecule has 2 aliphatic heterocycles. The van der Waals surface area contributed by atoms with Gasteiger partial charge in [0.05, 0.1) is 41.8 Å². The summed E-state index contributed by atoms with van der Waals surface area (Å²) < 4.78 is 28.0. The number of halogens is 3. The molecule has 11 heteroatoms. The highest BCUT2D eigenvalue weighted by Gasteiger charge is 2.35. The molecule has 8 nitrogen and oxygen atoms in total. The van der Waals surface area contributed by atoms with Gasteiger partial charge in [0, 0.05) is 42.9 Å². The normalized spacial score (nSPS) is 18.5. The Balaban J connectivity index is 1.29. The lowest BCUT2D eigenvalue weighted by atomic mass is 9.88. The standard InChI is InChI=1S/C31H34Cl2FN5O3/c1-3-42-31(40)30(29-26-14-22(34)16-38(26)18-35-29)39-17-24-25(32)15-23(27(33)28(24)36-39)21-6-4-19(5-7-21)20-8-10-37(11-9-20)12-13-41-2/h4-7,15,17-18,20,22,30H,3,8-14,16H2,1-2H3/t22-,30?/m1/s1. The zero-order valence-corrected chi connectivity index (χ0v) is 25.2. The van der Waals surface area contributed by atoms with Crippen molar-refractivity contribution in [1.82, 2.24) is 24.2 Å². The van der Waals surface area contributed by atoms with Gasteiger partial charge in [-0.25, -0.2) is 14.2 Å². The Morgan fingerprint density at radius 3 is 2.67 bits per heavy atom. The fraction of sp³-hybridized carbons (Fsp3) is 0.452. The highest BCUT2D eigenvalue weighted by molar-refractivity contribution is 6.42. The first-order valence-electron chi connectivity index (χ1n) is 14.4. The number of methoxy groups -OCH3 is 1. The van der Waals surface area contributed by atoms with E-state index < -0.39 is 18.2 Å². The molecule has 0 aliphatic carbocycles. The van der Waals surface area contributed by atoms with E-state index >= 15 is 0 Å². The molecule has 1 fully saturated rings. The van der Waals surface area contributed by atoms with Gasteiger partial charge in [-0.05, 0) is 56.0 Å². The van der Waals surface area contributed by atoms with Gasteiger partial charge in [0.25, 0.3) is 0 Å². The summed E-state index contributed by atoms with van der Waals surface area (Å²) in [4.78, 5) is 20.1. The number of ether oxygens (including phenoxy) is 2. The third-order valence-corrected chi connectivity index (χ3v) is 9.11. The topological polar surface area (TPSA) is 74.4 Å². The minimum Gasteiger partial charge on any atom is -0.464 e. The number of fused-ring (bicyclic) bond motifs is 2. The van der Waals surface area contributed by atoms with E-state index in [1.54, 1.807) is 31.1 Å².